The Kier molecular flexibility index (Phi) is 10.5. The third kappa shape index (κ3) is 5.75. The van der Waals surface area contributed by atoms with Gasteiger partial charge < -0.3 is 25.2 Å². The molecule has 3 saturated heterocycles. The van der Waals surface area contributed by atoms with E-state index in [-0.39, 0.29) is 47.1 Å². The number of carbonyl (C=O) groups is 2. The van der Waals surface area contributed by atoms with Gasteiger partial charge in [0.2, 0.25) is 0 Å². The minimum Gasteiger partial charge on any atom is -0.509 e. The smallest absolute Gasteiger partial charge is 0.339 e. The molecule has 6 spiro atoms. The molecule has 78 heavy (non-hydrogen) atoms. The summed E-state index contributed by atoms with van der Waals surface area (Å²) < 4.78 is 15.1. The van der Waals surface area contributed by atoms with Crippen LogP contribution in [0.4, 0.5) is 0 Å². The Hall–Kier alpha value is -2.66. The van der Waals surface area contributed by atoms with Crippen LogP contribution in [-0.2, 0) is 26.3 Å². The highest BCUT2D eigenvalue weighted by Crippen LogP contribution is 2.90. The fourth-order valence-corrected chi connectivity index (χ4v) is 28.9. The molecule has 16 bridgehead atoms. The molecule has 17 atom stereocenters. The fourth-order valence-electron chi connectivity index (χ4n) is 26.0. The van der Waals surface area contributed by atoms with Crippen molar-refractivity contribution in [1.82, 2.24) is 9.80 Å². The van der Waals surface area contributed by atoms with Gasteiger partial charge in [-0.1, -0.05) is 108 Å². The van der Waals surface area contributed by atoms with Gasteiger partial charge in [-0.2, -0.15) is 0 Å². The maximum Gasteiger partial charge on any atom is 0.339 e. The van der Waals surface area contributed by atoms with Gasteiger partial charge in [-0.15, -0.1) is 0 Å². The molecule has 1 aromatic carbocycles. The molecule has 0 radical (unpaired) electrons. The number of hydrogen-bond donors (Lipinski definition) is 2. The molecule has 0 aromatic heterocycles. The van der Waals surface area contributed by atoms with E-state index >= 15 is 9.59 Å². The Balaban J connectivity index is 0.925. The number of hydrogen-bond acceptors (Lipinski definition) is 10. The molecule has 10 heterocycles. The van der Waals surface area contributed by atoms with Crippen LogP contribution in [0.3, 0.4) is 0 Å². The third-order valence-electron chi connectivity index (χ3n) is 28.3. The number of aliphatic hydroxyl groups excluding tert-OH is 1. The van der Waals surface area contributed by atoms with Gasteiger partial charge in [0, 0.05) is 78.7 Å². The standard InChI is InChI=1S/C68H87N3O5S2/c1-38-24-41-15-16-52-44-25-39-33-70(35-44)53(45-29-63(18-4-5-19-63)64(30-45)20-6-7-21-64)28-54(72)60-66-22-17-48-57-50-32-65(38,58(48)59(41)71(52)34-39)31-46-37-78-77-36-42-10-2-3-13-47(42)43(26-49(46)50)27-55(67(57,66)62(74)75-60)68(66)51-14-8-11-40(12-9-23-69)56(51)61(73)76-68/h8,11,14,26,38-39,42-47,50,52-53,55,58,72H,2-7,9-10,12-13,15-25,27-37,69H2,1H3. The summed E-state index contributed by atoms with van der Waals surface area (Å²) in [6.07, 6.45) is 33.3. The Bertz CT molecular complexity index is 2920. The number of aryl methyl sites for hydroxylation is 1. The summed E-state index contributed by atoms with van der Waals surface area (Å²) in [5.74, 6) is 7.10. The summed E-state index contributed by atoms with van der Waals surface area (Å²) in [5.41, 5.74) is 14.9. The normalized spacial score (nSPS) is 47.4. The van der Waals surface area contributed by atoms with Crippen LogP contribution < -0.4 is 5.73 Å². The Morgan fingerprint density at radius 3 is 2.45 bits per heavy atom. The molecule has 6 saturated carbocycles. The molecule has 416 valence electrons. The number of carbonyl (C=O) groups excluding carboxylic acids is 2. The van der Waals surface area contributed by atoms with Crippen LogP contribution >= 0.6 is 21.6 Å². The van der Waals surface area contributed by atoms with Gasteiger partial charge >= 0.3 is 11.9 Å². The highest BCUT2D eigenvalue weighted by Gasteiger charge is 2.94. The van der Waals surface area contributed by atoms with E-state index in [2.05, 4.69) is 62.6 Å². The maximum absolute atomic E-state index is 17.1. The number of piperidine rings is 2. The van der Waals surface area contributed by atoms with E-state index in [4.69, 9.17) is 15.2 Å². The second-order valence-corrected chi connectivity index (χ2v) is 33.0. The zero-order valence-electron chi connectivity index (χ0n) is 46.8. The molecular weight excluding hydrogens is 1000 g/mol. The van der Waals surface area contributed by atoms with Crippen LogP contribution in [0.25, 0.3) is 0 Å². The first-order valence-electron chi connectivity index (χ1n) is 32.7. The zero-order chi connectivity index (χ0) is 51.9. The van der Waals surface area contributed by atoms with Crippen LogP contribution in [-0.4, -0.2) is 76.6 Å². The van der Waals surface area contributed by atoms with Crippen molar-refractivity contribution in [2.45, 2.75) is 192 Å². The molecule has 10 aliphatic heterocycles. The van der Waals surface area contributed by atoms with Crippen LogP contribution in [0.5, 0.6) is 0 Å². The number of aliphatic hydroxyl groups is 1. The van der Waals surface area contributed by atoms with Gasteiger partial charge in [0.25, 0.3) is 0 Å². The first-order chi connectivity index (χ1) is 38.1. The SMILES string of the molecule is CC1CC2=C3C4C5=C6C7CC14CC1CSSCC4CCCCC4C(C=C17)CC1C64C(=O)OC(=C(O)CC(C6CC7(CCCC7)C7(CCCC7)C6)N6CC7CC(C6)C(CC2)N3C7)C4(CC5)C12OC(=O)c1c(CCCN)cccc12. The van der Waals surface area contributed by atoms with Crippen molar-refractivity contribution < 1.29 is 24.2 Å². The lowest BCUT2D eigenvalue weighted by molar-refractivity contribution is -0.284. The van der Waals surface area contributed by atoms with E-state index in [9.17, 15) is 5.11 Å². The second kappa shape index (κ2) is 16.8. The Morgan fingerprint density at radius 2 is 1.63 bits per heavy atom. The van der Waals surface area contributed by atoms with E-state index in [0.29, 0.717) is 95.6 Å². The summed E-state index contributed by atoms with van der Waals surface area (Å²) in [7, 11) is 4.36. The molecule has 8 nitrogen and oxygen atoms in total. The van der Waals surface area contributed by atoms with Gasteiger partial charge in [-0.3, -0.25) is 9.69 Å². The molecule has 1 aromatic rings. The largest absolute Gasteiger partial charge is 0.509 e. The lowest BCUT2D eigenvalue weighted by Crippen LogP contribution is -2.78. The summed E-state index contributed by atoms with van der Waals surface area (Å²) >= 11 is 0. The predicted octanol–water partition coefficient (Wildman–Crippen LogP) is 13.8. The predicted molar refractivity (Wildman–Crippen MR) is 307 cm³/mol. The van der Waals surface area contributed by atoms with Gasteiger partial charge in [0.1, 0.15) is 11.2 Å². The van der Waals surface area contributed by atoms with Crippen molar-refractivity contribution in [2.24, 2.45) is 97.9 Å². The van der Waals surface area contributed by atoms with E-state index in [0.717, 1.165) is 67.8 Å². The summed E-state index contributed by atoms with van der Waals surface area (Å²) in [6.45, 7) is 6.60. The average molecular weight is 1090 g/mol. The maximum atomic E-state index is 17.1. The number of nitrogens with two attached hydrogens (primary N) is 1. The lowest BCUT2D eigenvalue weighted by Gasteiger charge is -2.75. The lowest BCUT2D eigenvalue weighted by atomic mass is 9.26. The summed E-state index contributed by atoms with van der Waals surface area (Å²) in [5, 5.41) is 14.1. The quantitative estimate of drug-likeness (QED) is 0.172. The number of ether oxygens (including phenoxy) is 2. The van der Waals surface area contributed by atoms with Gasteiger partial charge in [0.15, 0.2) is 11.4 Å². The molecule has 10 heteroatoms. The van der Waals surface area contributed by atoms with Crippen LogP contribution in [0.1, 0.15) is 189 Å². The van der Waals surface area contributed by atoms with Crippen LogP contribution in [0, 0.1) is 92.2 Å². The molecule has 17 unspecified atom stereocenters. The first kappa shape index (κ1) is 48.8. The van der Waals surface area contributed by atoms with Crippen LogP contribution in [0.2, 0.25) is 0 Å². The first-order valence-corrected chi connectivity index (χ1v) is 35.2. The van der Waals surface area contributed by atoms with Crippen molar-refractivity contribution in [1.29, 1.82) is 0 Å². The molecule has 21 rings (SSSR count). The number of nitrogens with zero attached hydrogens (tertiary/aromatic N) is 2. The highest BCUT2D eigenvalue weighted by molar-refractivity contribution is 8.76. The minimum absolute atomic E-state index is 0.108. The molecule has 9 fully saturated rings. The number of esters is 2. The van der Waals surface area contributed by atoms with Gasteiger partial charge in [-0.05, 0) is 203 Å². The number of fused-ring (bicyclic) bond motifs is 7. The summed E-state index contributed by atoms with van der Waals surface area (Å²) in [6, 6.07) is 7.29. The molecule has 10 aliphatic carbocycles. The van der Waals surface area contributed by atoms with Crippen molar-refractivity contribution >= 4 is 33.5 Å². The van der Waals surface area contributed by atoms with Crippen molar-refractivity contribution in [3.8, 4) is 0 Å². The molecular formula is C68H87N3O5S2. The minimum atomic E-state index is -1.15. The van der Waals surface area contributed by atoms with E-state index in [1.807, 2.05) is 0 Å². The number of benzene rings is 1. The Labute approximate surface area is 472 Å². The topological polar surface area (TPSA) is 105 Å². The third-order valence-corrected chi connectivity index (χ3v) is 30.9. The van der Waals surface area contributed by atoms with E-state index < -0.39 is 16.4 Å². The van der Waals surface area contributed by atoms with Crippen LogP contribution in [0.15, 0.2) is 63.8 Å². The van der Waals surface area contributed by atoms with Crippen molar-refractivity contribution in [2.75, 3.05) is 37.7 Å². The highest BCUT2D eigenvalue weighted by atomic mass is 33.1. The average Bonchev–Trinajstić information content (AvgIpc) is 1.48. The second-order valence-electron chi connectivity index (χ2n) is 30.5. The molecule has 20 aliphatic rings. The zero-order valence-corrected chi connectivity index (χ0v) is 48.4. The van der Waals surface area contributed by atoms with Crippen molar-refractivity contribution in [3.63, 3.8) is 0 Å². The summed E-state index contributed by atoms with van der Waals surface area (Å²) in [4.78, 5) is 38.8. The molecule has 0 amide bonds. The molecule has 3 N–H and O–H groups in total. The Morgan fingerprint density at radius 1 is 0.821 bits per heavy atom. The van der Waals surface area contributed by atoms with E-state index in [1.54, 1.807) is 22.4 Å². The van der Waals surface area contributed by atoms with Gasteiger partial charge in [0.05, 0.1) is 11.0 Å². The fraction of sp³-hybridized carbons (Fsp3) is 0.765. The van der Waals surface area contributed by atoms with Crippen molar-refractivity contribution in [3.05, 3.63) is 80.5 Å². The number of allylic oxidation sites excluding steroid dienone is 4. The van der Waals surface area contributed by atoms with E-state index in [1.165, 1.54) is 133 Å². The monoisotopic (exact) mass is 1090 g/mol. The number of rotatable bonds is 4. The van der Waals surface area contributed by atoms with Gasteiger partial charge in [-0.25, -0.2) is 4.79 Å².